The molecule has 2 aromatic carbocycles. The molecular formula is C25H32N2O2S. The Bertz CT molecular complexity index is 860. The van der Waals surface area contributed by atoms with Crippen molar-refractivity contribution in [2.24, 2.45) is 0 Å². The van der Waals surface area contributed by atoms with E-state index in [0.29, 0.717) is 12.3 Å². The fourth-order valence-corrected chi connectivity index (χ4v) is 4.59. The van der Waals surface area contributed by atoms with E-state index in [1.165, 1.54) is 30.2 Å². The van der Waals surface area contributed by atoms with Crippen LogP contribution in [0.2, 0.25) is 0 Å². The van der Waals surface area contributed by atoms with Crippen LogP contribution in [0, 0.1) is 13.8 Å². The highest BCUT2D eigenvalue weighted by Crippen LogP contribution is 2.22. The Morgan fingerprint density at radius 2 is 1.73 bits per heavy atom. The van der Waals surface area contributed by atoms with Crippen LogP contribution in [0.3, 0.4) is 0 Å². The summed E-state index contributed by atoms with van der Waals surface area (Å²) in [7, 11) is 0. The van der Waals surface area contributed by atoms with Gasteiger partial charge in [0, 0.05) is 17.5 Å². The zero-order valence-electron chi connectivity index (χ0n) is 18.2. The number of nitrogens with one attached hydrogen (secondary N) is 1. The van der Waals surface area contributed by atoms with Crippen molar-refractivity contribution in [3.63, 3.8) is 0 Å². The number of carbonyl (C=O) groups excluding carboxylic acids is 2. The number of nitrogens with zero attached hydrogens (tertiary/aromatic N) is 1. The van der Waals surface area contributed by atoms with Gasteiger partial charge in [0.1, 0.15) is 6.04 Å². The second-order valence-electron chi connectivity index (χ2n) is 8.22. The maximum atomic E-state index is 13.2. The van der Waals surface area contributed by atoms with Crippen molar-refractivity contribution in [3.8, 4) is 0 Å². The first-order chi connectivity index (χ1) is 14.4. The molecule has 0 radical (unpaired) electrons. The van der Waals surface area contributed by atoms with Crippen LogP contribution in [0.1, 0.15) is 49.3 Å². The maximum Gasteiger partial charge on any atom is 0.242 e. The van der Waals surface area contributed by atoms with E-state index in [2.05, 4.69) is 17.4 Å². The standard InChI is InChI=1S/C25H32N2O2S/c1-18-12-14-23(15-13-18)30-17-24(28)27(16-21-9-5-4-8-19(21)2)20(3)25(29)26-22-10-6-7-11-22/h4-5,8-9,12-15,20,22H,6-7,10-11,16-17H2,1-3H3,(H,26,29)/t20-/m1/s1. The molecule has 0 spiro atoms. The minimum Gasteiger partial charge on any atom is -0.352 e. The van der Waals surface area contributed by atoms with Crippen LogP contribution in [0.15, 0.2) is 53.4 Å². The van der Waals surface area contributed by atoms with Gasteiger partial charge in [-0.3, -0.25) is 9.59 Å². The third-order valence-electron chi connectivity index (χ3n) is 5.85. The lowest BCUT2D eigenvalue weighted by Gasteiger charge is -2.30. The van der Waals surface area contributed by atoms with Gasteiger partial charge in [0.2, 0.25) is 11.8 Å². The average molecular weight is 425 g/mol. The molecule has 30 heavy (non-hydrogen) atoms. The van der Waals surface area contributed by atoms with Crippen molar-refractivity contribution < 1.29 is 9.59 Å². The summed E-state index contributed by atoms with van der Waals surface area (Å²) in [5, 5.41) is 3.15. The van der Waals surface area contributed by atoms with Crippen LogP contribution in [0.25, 0.3) is 0 Å². The van der Waals surface area contributed by atoms with Crippen LogP contribution in [0.5, 0.6) is 0 Å². The summed E-state index contributed by atoms with van der Waals surface area (Å²) in [6, 6.07) is 16.0. The first-order valence-corrected chi connectivity index (χ1v) is 11.8. The molecule has 1 fully saturated rings. The van der Waals surface area contributed by atoms with Gasteiger partial charge in [-0.25, -0.2) is 0 Å². The molecule has 0 aliphatic heterocycles. The number of aryl methyl sites for hydroxylation is 2. The predicted molar refractivity (Wildman–Crippen MR) is 123 cm³/mol. The quantitative estimate of drug-likeness (QED) is 0.615. The van der Waals surface area contributed by atoms with Crippen LogP contribution in [-0.4, -0.2) is 34.6 Å². The second kappa shape index (κ2) is 10.7. The molecule has 4 nitrogen and oxygen atoms in total. The van der Waals surface area contributed by atoms with E-state index < -0.39 is 6.04 Å². The van der Waals surface area contributed by atoms with Crippen molar-refractivity contribution in [1.29, 1.82) is 0 Å². The molecule has 3 rings (SSSR count). The van der Waals surface area contributed by atoms with E-state index in [9.17, 15) is 9.59 Å². The Labute approximate surface area is 184 Å². The summed E-state index contributed by atoms with van der Waals surface area (Å²) in [6.07, 6.45) is 4.40. The number of thioether (sulfide) groups is 1. The number of amides is 2. The summed E-state index contributed by atoms with van der Waals surface area (Å²) in [6.45, 7) is 6.38. The molecule has 1 N–H and O–H groups in total. The van der Waals surface area contributed by atoms with Crippen LogP contribution >= 0.6 is 11.8 Å². The van der Waals surface area contributed by atoms with E-state index in [0.717, 1.165) is 28.9 Å². The third-order valence-corrected chi connectivity index (χ3v) is 6.85. The lowest BCUT2D eigenvalue weighted by Crippen LogP contribution is -2.50. The fraction of sp³-hybridized carbons (Fsp3) is 0.440. The average Bonchev–Trinajstić information content (AvgIpc) is 3.25. The minimum atomic E-state index is -0.503. The number of rotatable bonds is 8. The summed E-state index contributed by atoms with van der Waals surface area (Å²) in [4.78, 5) is 28.9. The van der Waals surface area contributed by atoms with Crippen LogP contribution < -0.4 is 5.32 Å². The van der Waals surface area contributed by atoms with Gasteiger partial charge in [0.25, 0.3) is 0 Å². The number of benzene rings is 2. The topological polar surface area (TPSA) is 49.4 Å². The number of hydrogen-bond donors (Lipinski definition) is 1. The number of carbonyl (C=O) groups is 2. The molecule has 1 aliphatic carbocycles. The normalized spacial score (nSPS) is 15.0. The van der Waals surface area contributed by atoms with Crippen molar-refractivity contribution >= 4 is 23.6 Å². The van der Waals surface area contributed by atoms with Gasteiger partial charge >= 0.3 is 0 Å². The van der Waals surface area contributed by atoms with Crippen molar-refractivity contribution in [3.05, 3.63) is 65.2 Å². The highest BCUT2D eigenvalue weighted by molar-refractivity contribution is 8.00. The summed E-state index contributed by atoms with van der Waals surface area (Å²) < 4.78 is 0. The first kappa shape index (κ1) is 22.4. The van der Waals surface area contributed by atoms with E-state index in [4.69, 9.17) is 0 Å². The monoisotopic (exact) mass is 424 g/mol. The van der Waals surface area contributed by atoms with Gasteiger partial charge in [0.15, 0.2) is 0 Å². The van der Waals surface area contributed by atoms with Crippen LogP contribution in [0.4, 0.5) is 0 Å². The molecule has 1 saturated carbocycles. The molecule has 160 valence electrons. The van der Waals surface area contributed by atoms with E-state index >= 15 is 0 Å². The Hall–Kier alpha value is -2.27. The molecule has 0 saturated heterocycles. The van der Waals surface area contributed by atoms with E-state index in [1.807, 2.05) is 57.2 Å². The van der Waals surface area contributed by atoms with E-state index in [1.54, 1.807) is 4.90 Å². The zero-order chi connectivity index (χ0) is 21.5. The molecule has 1 atom stereocenters. The molecule has 2 amide bonds. The maximum absolute atomic E-state index is 13.2. The van der Waals surface area contributed by atoms with Gasteiger partial charge in [-0.05, 0) is 56.9 Å². The Morgan fingerprint density at radius 1 is 1.07 bits per heavy atom. The predicted octanol–water partition coefficient (Wildman–Crippen LogP) is 4.87. The van der Waals surface area contributed by atoms with Crippen molar-refractivity contribution in [2.75, 3.05) is 5.75 Å². The summed E-state index contributed by atoms with van der Waals surface area (Å²) in [5.74, 6) is 0.248. The van der Waals surface area contributed by atoms with Crippen molar-refractivity contribution in [1.82, 2.24) is 10.2 Å². The summed E-state index contributed by atoms with van der Waals surface area (Å²) in [5.41, 5.74) is 3.40. The van der Waals surface area contributed by atoms with Gasteiger partial charge in [-0.1, -0.05) is 54.8 Å². The molecule has 1 aliphatic rings. The lowest BCUT2D eigenvalue weighted by molar-refractivity contribution is -0.139. The molecule has 0 unspecified atom stereocenters. The Balaban J connectivity index is 1.71. The lowest BCUT2D eigenvalue weighted by atomic mass is 10.1. The van der Waals surface area contributed by atoms with Crippen LogP contribution in [-0.2, 0) is 16.1 Å². The molecule has 0 heterocycles. The van der Waals surface area contributed by atoms with Crippen molar-refractivity contribution in [2.45, 2.75) is 70.0 Å². The highest BCUT2D eigenvalue weighted by atomic mass is 32.2. The largest absolute Gasteiger partial charge is 0.352 e. The van der Waals surface area contributed by atoms with E-state index in [-0.39, 0.29) is 17.9 Å². The highest BCUT2D eigenvalue weighted by Gasteiger charge is 2.28. The van der Waals surface area contributed by atoms with Gasteiger partial charge in [-0.2, -0.15) is 0 Å². The molecular weight excluding hydrogens is 392 g/mol. The Morgan fingerprint density at radius 3 is 2.40 bits per heavy atom. The zero-order valence-corrected chi connectivity index (χ0v) is 19.0. The van der Waals surface area contributed by atoms with Gasteiger partial charge in [0.05, 0.1) is 5.75 Å². The molecule has 0 bridgehead atoms. The van der Waals surface area contributed by atoms with Gasteiger partial charge in [-0.15, -0.1) is 11.8 Å². The first-order valence-electron chi connectivity index (χ1n) is 10.8. The molecule has 5 heteroatoms. The fourth-order valence-electron chi connectivity index (χ4n) is 3.81. The smallest absolute Gasteiger partial charge is 0.242 e. The second-order valence-corrected chi connectivity index (χ2v) is 9.26. The van der Waals surface area contributed by atoms with Gasteiger partial charge < -0.3 is 10.2 Å². The minimum absolute atomic E-state index is 0.0158. The third kappa shape index (κ3) is 6.11. The molecule has 2 aromatic rings. The summed E-state index contributed by atoms with van der Waals surface area (Å²) >= 11 is 1.52. The number of hydrogen-bond acceptors (Lipinski definition) is 3. The Kier molecular flexibility index (Phi) is 7.97. The SMILES string of the molecule is Cc1ccc(SCC(=O)N(Cc2ccccc2C)[C@H](C)C(=O)NC2CCCC2)cc1. The molecule has 0 aromatic heterocycles.